The van der Waals surface area contributed by atoms with Crippen molar-refractivity contribution in [1.82, 2.24) is 19.7 Å². The van der Waals surface area contributed by atoms with Crippen molar-refractivity contribution in [3.8, 4) is 11.3 Å². The highest BCUT2D eigenvalue weighted by Gasteiger charge is 2.48. The van der Waals surface area contributed by atoms with Crippen molar-refractivity contribution < 1.29 is 13.2 Å². The van der Waals surface area contributed by atoms with E-state index in [4.69, 9.17) is 0 Å². The van der Waals surface area contributed by atoms with Crippen molar-refractivity contribution in [2.75, 3.05) is 24.7 Å². The summed E-state index contributed by atoms with van der Waals surface area (Å²) in [6.45, 7) is 1.00. The summed E-state index contributed by atoms with van der Waals surface area (Å²) in [5.74, 6) is 0.136. The molecule has 1 aromatic carbocycles. The largest absolute Gasteiger partial charge is 0.325 e. The molecular formula is C19H23Cl2N5O3S. The number of hydrogen-bond acceptors (Lipinski definition) is 6. The molecule has 0 radical (unpaired) electrons. The molecule has 0 aliphatic carbocycles. The monoisotopic (exact) mass is 471 g/mol. The predicted octanol–water partition coefficient (Wildman–Crippen LogP) is 2.35. The molecule has 0 atom stereocenters. The number of hydrogen-bond donors (Lipinski definition) is 2. The van der Waals surface area contributed by atoms with Gasteiger partial charge in [-0.2, -0.15) is 0 Å². The van der Waals surface area contributed by atoms with Gasteiger partial charge >= 0.3 is 0 Å². The molecule has 1 fully saturated rings. The van der Waals surface area contributed by atoms with Crippen LogP contribution in [-0.4, -0.2) is 52.8 Å². The molecule has 2 aromatic heterocycles. The molecular weight excluding hydrogens is 449 g/mol. The van der Waals surface area contributed by atoms with Gasteiger partial charge in [0.25, 0.3) is 0 Å². The van der Waals surface area contributed by atoms with Crippen LogP contribution < -0.4 is 10.6 Å². The number of anilines is 1. The van der Waals surface area contributed by atoms with Gasteiger partial charge in [-0.15, -0.1) is 24.8 Å². The minimum absolute atomic E-state index is 0. The van der Waals surface area contributed by atoms with E-state index in [-0.39, 0.29) is 37.7 Å². The summed E-state index contributed by atoms with van der Waals surface area (Å²) in [4.78, 5) is 21.5. The van der Waals surface area contributed by atoms with Crippen molar-refractivity contribution in [3.63, 3.8) is 0 Å². The molecule has 3 heterocycles. The van der Waals surface area contributed by atoms with Gasteiger partial charge in [-0.1, -0.05) is 12.1 Å². The van der Waals surface area contributed by atoms with E-state index >= 15 is 0 Å². The van der Waals surface area contributed by atoms with Gasteiger partial charge < -0.3 is 10.6 Å². The third kappa shape index (κ3) is 4.44. The van der Waals surface area contributed by atoms with Crippen LogP contribution in [0.2, 0.25) is 0 Å². The van der Waals surface area contributed by atoms with Gasteiger partial charge in [0.05, 0.1) is 5.69 Å². The predicted molar refractivity (Wildman–Crippen MR) is 121 cm³/mol. The molecule has 0 unspecified atom stereocenters. The third-order valence-electron chi connectivity index (χ3n) is 5.21. The molecule has 1 saturated heterocycles. The third-order valence-corrected chi connectivity index (χ3v) is 7.22. The number of piperidine rings is 1. The average Bonchev–Trinajstić information content (AvgIpc) is 3.12. The van der Waals surface area contributed by atoms with E-state index < -0.39 is 20.5 Å². The summed E-state index contributed by atoms with van der Waals surface area (Å²) in [6.07, 6.45) is 7.11. The molecule has 1 aliphatic rings. The minimum Gasteiger partial charge on any atom is -0.325 e. The zero-order chi connectivity index (χ0) is 19.8. The maximum Gasteiger partial charge on any atom is 0.245 e. The number of halogens is 2. The standard InChI is InChI=1S/C19H21N5O3S.2ClH/c1-28(26,27)19(7-10-20-11-8-19)17(25)22-15-5-3-14(4-6-15)16-13-24-12-2-9-21-18(24)23-16;;/h2-6,9,12-13,20H,7-8,10-11H2,1H3,(H,22,25);2*1H. The lowest BCUT2D eigenvalue weighted by Crippen LogP contribution is -2.55. The van der Waals surface area contributed by atoms with Gasteiger partial charge in [-0.25, -0.2) is 18.4 Å². The van der Waals surface area contributed by atoms with Gasteiger partial charge in [0.1, 0.15) is 0 Å². The number of sulfone groups is 1. The summed E-state index contributed by atoms with van der Waals surface area (Å²) in [6, 6.07) is 9.01. The fraction of sp³-hybridized carbons (Fsp3) is 0.316. The minimum atomic E-state index is -3.54. The van der Waals surface area contributed by atoms with Crippen LogP contribution in [-0.2, 0) is 14.6 Å². The molecule has 0 spiro atoms. The maximum atomic E-state index is 12.9. The number of nitrogens with zero attached hydrogens (tertiary/aromatic N) is 3. The number of nitrogens with one attached hydrogen (secondary N) is 2. The summed E-state index contributed by atoms with van der Waals surface area (Å²) in [5.41, 5.74) is 2.20. The van der Waals surface area contributed by atoms with Gasteiger partial charge in [0.2, 0.25) is 11.7 Å². The summed E-state index contributed by atoms with van der Waals surface area (Å²) in [5, 5.41) is 5.89. The van der Waals surface area contributed by atoms with E-state index in [0.717, 1.165) is 17.5 Å². The van der Waals surface area contributed by atoms with Crippen molar-refractivity contribution in [2.24, 2.45) is 0 Å². The normalized spacial score (nSPS) is 15.6. The average molecular weight is 472 g/mol. The maximum absolute atomic E-state index is 12.9. The van der Waals surface area contributed by atoms with Crippen LogP contribution in [0.3, 0.4) is 0 Å². The Bertz CT molecular complexity index is 1090. The van der Waals surface area contributed by atoms with E-state index in [2.05, 4.69) is 20.6 Å². The highest BCUT2D eigenvalue weighted by molar-refractivity contribution is 7.92. The topological polar surface area (TPSA) is 105 Å². The van der Waals surface area contributed by atoms with Crippen LogP contribution >= 0.6 is 24.8 Å². The van der Waals surface area contributed by atoms with Crippen LogP contribution in [0.1, 0.15) is 12.8 Å². The smallest absolute Gasteiger partial charge is 0.245 e. The van der Waals surface area contributed by atoms with Crippen LogP contribution in [0, 0.1) is 0 Å². The first-order valence-corrected chi connectivity index (χ1v) is 10.9. The second-order valence-electron chi connectivity index (χ2n) is 7.00. The van der Waals surface area contributed by atoms with Crippen LogP contribution in [0.5, 0.6) is 0 Å². The number of amides is 1. The fourth-order valence-corrected chi connectivity index (χ4v) is 4.87. The van der Waals surface area contributed by atoms with Gasteiger partial charge in [-0.3, -0.25) is 9.20 Å². The van der Waals surface area contributed by atoms with Crippen LogP contribution in [0.15, 0.2) is 48.9 Å². The molecule has 0 saturated carbocycles. The van der Waals surface area contributed by atoms with Crippen LogP contribution in [0.4, 0.5) is 5.69 Å². The molecule has 1 aliphatic heterocycles. The molecule has 4 rings (SSSR count). The zero-order valence-electron chi connectivity index (χ0n) is 16.2. The summed E-state index contributed by atoms with van der Waals surface area (Å²) in [7, 11) is -3.54. The Morgan fingerprint density at radius 3 is 2.43 bits per heavy atom. The number of rotatable bonds is 4. The van der Waals surface area contributed by atoms with E-state index in [9.17, 15) is 13.2 Å². The first-order chi connectivity index (χ1) is 13.4. The molecule has 11 heteroatoms. The number of fused-ring (bicyclic) bond motifs is 1. The highest BCUT2D eigenvalue weighted by atomic mass is 35.5. The molecule has 30 heavy (non-hydrogen) atoms. The fourth-order valence-electron chi connectivity index (χ4n) is 3.54. The number of carbonyl (C=O) groups is 1. The quantitative estimate of drug-likeness (QED) is 0.604. The number of carbonyl (C=O) groups excluding carboxylic acids is 1. The first kappa shape index (κ1) is 24.1. The van der Waals surface area contributed by atoms with Crippen molar-refractivity contribution >= 4 is 52.0 Å². The molecule has 2 N–H and O–H groups in total. The molecule has 8 nitrogen and oxygen atoms in total. The first-order valence-electron chi connectivity index (χ1n) is 9.01. The van der Waals surface area contributed by atoms with E-state index in [0.29, 0.717) is 24.6 Å². The van der Waals surface area contributed by atoms with Gasteiger partial charge in [0, 0.05) is 36.1 Å². The Labute approximate surface area is 187 Å². The van der Waals surface area contributed by atoms with Crippen LogP contribution in [0.25, 0.3) is 17.0 Å². The van der Waals surface area contributed by atoms with Gasteiger partial charge in [0.15, 0.2) is 14.6 Å². The Morgan fingerprint density at radius 1 is 1.17 bits per heavy atom. The van der Waals surface area contributed by atoms with Crippen molar-refractivity contribution in [1.29, 1.82) is 0 Å². The van der Waals surface area contributed by atoms with Gasteiger partial charge in [-0.05, 0) is 44.1 Å². The number of imidazole rings is 1. The number of aromatic nitrogens is 3. The molecule has 3 aromatic rings. The summed E-state index contributed by atoms with van der Waals surface area (Å²) >= 11 is 0. The molecule has 0 bridgehead atoms. The zero-order valence-corrected chi connectivity index (χ0v) is 18.7. The lowest BCUT2D eigenvalue weighted by molar-refractivity contribution is -0.119. The lowest BCUT2D eigenvalue weighted by atomic mass is 9.95. The van der Waals surface area contributed by atoms with E-state index in [1.165, 1.54) is 0 Å². The SMILES string of the molecule is CS(=O)(=O)C1(C(=O)Nc2ccc(-c3cn4cccnc4n3)cc2)CCNCC1.Cl.Cl. The second-order valence-corrected chi connectivity index (χ2v) is 9.33. The molecule has 162 valence electrons. The number of benzene rings is 1. The Kier molecular flexibility index (Phi) is 7.46. The second kappa shape index (κ2) is 9.30. The Hall–Kier alpha value is -2.20. The highest BCUT2D eigenvalue weighted by Crippen LogP contribution is 2.30. The molecule has 1 amide bonds. The van der Waals surface area contributed by atoms with E-state index in [1.54, 1.807) is 18.3 Å². The van der Waals surface area contributed by atoms with Crippen molar-refractivity contribution in [3.05, 3.63) is 48.9 Å². The van der Waals surface area contributed by atoms with Crippen molar-refractivity contribution in [2.45, 2.75) is 17.6 Å². The van der Waals surface area contributed by atoms with E-state index in [1.807, 2.05) is 35.0 Å². The Morgan fingerprint density at radius 2 is 1.83 bits per heavy atom. The summed E-state index contributed by atoms with van der Waals surface area (Å²) < 4.78 is 25.2. The lowest BCUT2D eigenvalue weighted by Gasteiger charge is -2.34. The Balaban J connectivity index is 0.00000160.